The predicted molar refractivity (Wildman–Crippen MR) is 58.5 cm³/mol. The molecular weight excluding hydrogens is 445 g/mol. The standard InChI is InChI=1S/C9F11O4S2/c10-2-1(3(11)5(13)6(14)4(2)12)7(25(21,22)8(15,16)17)26(23,24)9(18,19)20/q-1. The molecule has 0 amide bonds. The molecule has 0 aromatic heterocycles. The van der Waals surface area contributed by atoms with Crippen molar-refractivity contribution in [2.45, 2.75) is 11.0 Å². The highest BCUT2D eigenvalue weighted by Gasteiger charge is 2.60. The van der Waals surface area contributed by atoms with Gasteiger partial charge in [-0.2, -0.15) is 26.3 Å². The third-order valence-corrected chi connectivity index (χ3v) is 6.43. The minimum Gasteiger partial charge on any atom is -0.280 e. The molecule has 0 aliphatic rings. The van der Waals surface area contributed by atoms with E-state index in [9.17, 15) is 65.1 Å². The van der Waals surface area contributed by atoms with Crippen molar-refractivity contribution in [3.63, 3.8) is 0 Å². The molecule has 0 aliphatic carbocycles. The fourth-order valence-electron chi connectivity index (χ4n) is 1.41. The van der Waals surface area contributed by atoms with Crippen molar-refractivity contribution in [2.24, 2.45) is 0 Å². The molecule has 1 aromatic rings. The number of benzene rings is 1. The smallest absolute Gasteiger partial charge is 0.280 e. The Kier molecular flexibility index (Phi) is 5.25. The lowest BCUT2D eigenvalue weighted by molar-refractivity contribution is -0.0452. The molecule has 0 atom stereocenters. The first-order valence-corrected chi connectivity index (χ1v) is 8.28. The Labute approximate surface area is 136 Å². The Bertz CT molecular complexity index is 870. The molecular formula is C9F11O4S2-. The highest BCUT2D eigenvalue weighted by atomic mass is 32.3. The van der Waals surface area contributed by atoms with Gasteiger partial charge in [0.05, 0.1) is 16.2 Å². The Hall–Kier alpha value is -1.78. The third kappa shape index (κ3) is 3.17. The van der Waals surface area contributed by atoms with Gasteiger partial charge >= 0.3 is 11.0 Å². The Morgan fingerprint density at radius 1 is 0.538 bits per heavy atom. The molecule has 17 heteroatoms. The van der Waals surface area contributed by atoms with Gasteiger partial charge in [0.2, 0.25) is 19.7 Å². The van der Waals surface area contributed by atoms with Gasteiger partial charge in [0, 0.05) is 0 Å². The normalized spacial score (nSPS) is 13.8. The fourth-order valence-corrected chi connectivity index (χ4v) is 4.45. The summed E-state index contributed by atoms with van der Waals surface area (Å²) < 4.78 is 181. The van der Waals surface area contributed by atoms with Gasteiger partial charge in [-0.3, -0.25) is 8.78 Å². The van der Waals surface area contributed by atoms with Crippen molar-refractivity contribution >= 4 is 19.7 Å². The average Bonchev–Trinajstić information content (AvgIpc) is 2.44. The molecule has 0 spiro atoms. The molecule has 0 heterocycles. The van der Waals surface area contributed by atoms with Crippen LogP contribution in [-0.4, -0.2) is 27.9 Å². The van der Waals surface area contributed by atoms with Crippen LogP contribution in [0.15, 0.2) is 0 Å². The number of halogens is 11. The molecule has 4 nitrogen and oxygen atoms in total. The van der Waals surface area contributed by atoms with Gasteiger partial charge in [0.15, 0.2) is 5.82 Å². The van der Waals surface area contributed by atoms with Crippen molar-refractivity contribution in [3.8, 4) is 0 Å². The van der Waals surface area contributed by atoms with Crippen LogP contribution in [0, 0.1) is 33.7 Å². The molecule has 0 unspecified atom stereocenters. The second-order valence-corrected chi connectivity index (χ2v) is 8.15. The molecule has 26 heavy (non-hydrogen) atoms. The van der Waals surface area contributed by atoms with E-state index >= 15 is 0 Å². The van der Waals surface area contributed by atoms with Crippen molar-refractivity contribution in [1.82, 2.24) is 0 Å². The van der Waals surface area contributed by atoms with E-state index in [-0.39, 0.29) is 0 Å². The van der Waals surface area contributed by atoms with Gasteiger partial charge in [-0.05, 0) is 0 Å². The van der Waals surface area contributed by atoms with Crippen LogP contribution in [0.1, 0.15) is 5.56 Å². The second kappa shape index (κ2) is 6.14. The summed E-state index contributed by atoms with van der Waals surface area (Å²) in [5, 5.41) is 0. The summed E-state index contributed by atoms with van der Waals surface area (Å²) >= 11 is 0. The minimum atomic E-state index is -7.75. The zero-order valence-electron chi connectivity index (χ0n) is 11.1. The van der Waals surface area contributed by atoms with Gasteiger partial charge < -0.3 is 0 Å². The lowest BCUT2D eigenvalue weighted by atomic mass is 10.2. The predicted octanol–water partition coefficient (Wildman–Crippen LogP) is 3.09. The quantitative estimate of drug-likeness (QED) is 0.311. The molecule has 0 fully saturated rings. The van der Waals surface area contributed by atoms with E-state index in [0.29, 0.717) is 0 Å². The topological polar surface area (TPSA) is 68.3 Å². The minimum absolute atomic E-state index is 3.09. The van der Waals surface area contributed by atoms with Crippen LogP contribution in [0.25, 0.3) is 0 Å². The van der Waals surface area contributed by atoms with E-state index in [1.54, 1.807) is 0 Å². The monoisotopic (exact) mass is 445 g/mol. The van der Waals surface area contributed by atoms with Crippen molar-refractivity contribution in [1.29, 1.82) is 0 Å². The number of hydrogen-bond acceptors (Lipinski definition) is 4. The molecule has 0 N–H and O–H groups in total. The van der Waals surface area contributed by atoms with Crippen LogP contribution in [0.2, 0.25) is 0 Å². The Balaban J connectivity index is 4.19. The van der Waals surface area contributed by atoms with Gasteiger partial charge in [0.1, 0.15) is 11.6 Å². The first kappa shape index (κ1) is 22.3. The molecule has 0 bridgehead atoms. The number of sulfone groups is 2. The zero-order chi connectivity index (χ0) is 21.0. The summed E-state index contributed by atoms with van der Waals surface area (Å²) in [6, 6.07) is 0. The highest BCUT2D eigenvalue weighted by molar-refractivity contribution is 8.13. The van der Waals surface area contributed by atoms with Gasteiger partial charge in [-0.25, -0.2) is 30.0 Å². The number of alkyl halides is 6. The largest absolute Gasteiger partial charge is 0.491 e. The summed E-state index contributed by atoms with van der Waals surface area (Å²) in [7, 11) is -15.5. The summed E-state index contributed by atoms with van der Waals surface area (Å²) in [6.07, 6.45) is 0. The average molecular weight is 445 g/mol. The van der Waals surface area contributed by atoms with Gasteiger partial charge in [0.25, 0.3) is 0 Å². The molecule has 0 saturated heterocycles. The maximum absolute atomic E-state index is 13.5. The zero-order valence-corrected chi connectivity index (χ0v) is 12.7. The van der Waals surface area contributed by atoms with Crippen LogP contribution < -0.4 is 0 Å². The van der Waals surface area contributed by atoms with Gasteiger partial charge in [-0.15, -0.1) is 0 Å². The maximum atomic E-state index is 13.5. The summed E-state index contributed by atoms with van der Waals surface area (Å²) in [5.74, 6) is -16.5. The highest BCUT2D eigenvalue weighted by Crippen LogP contribution is 2.46. The van der Waals surface area contributed by atoms with Crippen molar-refractivity contribution in [2.75, 3.05) is 0 Å². The number of rotatable bonds is 3. The maximum Gasteiger partial charge on any atom is 0.491 e. The summed E-state index contributed by atoms with van der Waals surface area (Å²) in [5.41, 5.74) is -17.2. The van der Waals surface area contributed by atoms with E-state index in [0.717, 1.165) is 0 Å². The number of hydrogen-bond donors (Lipinski definition) is 0. The molecule has 0 radical (unpaired) electrons. The molecule has 0 saturated carbocycles. The van der Waals surface area contributed by atoms with E-state index in [1.165, 1.54) is 0 Å². The van der Waals surface area contributed by atoms with Crippen molar-refractivity contribution in [3.05, 3.63) is 39.2 Å². The van der Waals surface area contributed by atoms with E-state index < -0.39 is 69.9 Å². The Morgan fingerprint density at radius 3 is 1.00 bits per heavy atom. The van der Waals surface area contributed by atoms with Gasteiger partial charge in [-0.1, -0.05) is 5.56 Å². The van der Waals surface area contributed by atoms with Crippen LogP contribution in [0.3, 0.4) is 0 Å². The molecule has 1 aromatic carbocycles. The lowest BCUT2D eigenvalue weighted by Gasteiger charge is -2.28. The Morgan fingerprint density at radius 2 is 0.769 bits per heavy atom. The van der Waals surface area contributed by atoms with E-state index in [2.05, 4.69) is 0 Å². The van der Waals surface area contributed by atoms with Crippen LogP contribution in [0.5, 0.6) is 0 Å². The van der Waals surface area contributed by atoms with E-state index in [1.807, 2.05) is 0 Å². The SMILES string of the molecule is O=S(=O)([C-](c1c(F)c(F)c(F)c(F)c1F)S(=O)(=O)C(F)(F)F)C(F)(F)F. The molecule has 0 aliphatic heterocycles. The summed E-state index contributed by atoms with van der Waals surface area (Å²) in [6.45, 7) is 0. The van der Waals surface area contributed by atoms with Crippen LogP contribution >= 0.6 is 0 Å². The second-order valence-electron chi connectivity index (χ2n) is 4.13. The third-order valence-electron chi connectivity index (χ3n) is 2.51. The lowest BCUT2D eigenvalue weighted by Crippen LogP contribution is -2.41. The first-order chi connectivity index (χ1) is 11.3. The van der Waals surface area contributed by atoms with Crippen molar-refractivity contribution < 1.29 is 65.1 Å². The fraction of sp³-hybridized carbons (Fsp3) is 0.222. The summed E-state index contributed by atoms with van der Waals surface area (Å²) in [4.78, 5) is 0. The van der Waals surface area contributed by atoms with Crippen LogP contribution in [-0.2, 0) is 19.7 Å². The van der Waals surface area contributed by atoms with E-state index in [4.69, 9.17) is 0 Å². The molecule has 150 valence electrons. The first-order valence-electron chi connectivity index (χ1n) is 5.31. The van der Waals surface area contributed by atoms with Crippen LogP contribution in [0.4, 0.5) is 48.3 Å². The molecule has 1 rings (SSSR count).